The van der Waals surface area contributed by atoms with Crippen molar-refractivity contribution < 1.29 is 23.5 Å². The second kappa shape index (κ2) is 10.8. The number of ketones is 1. The highest BCUT2D eigenvalue weighted by Gasteiger charge is 2.36. The molecule has 0 aromatic heterocycles. The number of hydrogen-bond donors (Lipinski definition) is 2. The van der Waals surface area contributed by atoms with Gasteiger partial charge in [-0.2, -0.15) is 0 Å². The minimum atomic E-state index is -1.02. The van der Waals surface area contributed by atoms with E-state index in [2.05, 4.69) is 10.6 Å². The Morgan fingerprint density at radius 1 is 1.15 bits per heavy atom. The summed E-state index contributed by atoms with van der Waals surface area (Å²) in [6, 6.07) is 14.6. The Kier molecular flexibility index (Phi) is 7.57. The minimum absolute atomic E-state index is 0.0630. The third-order valence-corrected chi connectivity index (χ3v) is 6.39. The normalized spacial score (nSPS) is 22.4. The molecule has 2 unspecified atom stereocenters. The summed E-state index contributed by atoms with van der Waals surface area (Å²) in [7, 11) is 0. The number of aryl methyl sites for hydroxylation is 1. The number of alkyl halides is 1. The molecule has 2 amide bonds. The molecule has 3 atom stereocenters. The third kappa shape index (κ3) is 5.62. The van der Waals surface area contributed by atoms with Crippen LogP contribution in [0.1, 0.15) is 46.7 Å². The number of anilines is 1. The number of para-hydroxylation sites is 1. The number of carbonyl (C=O) groups is 3. The van der Waals surface area contributed by atoms with E-state index in [1.807, 2.05) is 43.3 Å². The van der Waals surface area contributed by atoms with Crippen molar-refractivity contribution in [1.82, 2.24) is 10.6 Å². The van der Waals surface area contributed by atoms with E-state index in [0.717, 1.165) is 17.7 Å². The first-order valence-corrected chi connectivity index (χ1v) is 11.7. The summed E-state index contributed by atoms with van der Waals surface area (Å²) in [5.74, 6) is -0.644. The average Bonchev–Trinajstić information content (AvgIpc) is 3.22. The van der Waals surface area contributed by atoms with Gasteiger partial charge in [0.15, 0.2) is 5.78 Å². The second-order valence-corrected chi connectivity index (χ2v) is 8.88. The highest BCUT2D eigenvalue weighted by atomic mass is 19.1. The van der Waals surface area contributed by atoms with E-state index in [1.165, 1.54) is 4.90 Å². The number of nitrogens with one attached hydrogen (secondary N) is 2. The lowest BCUT2D eigenvalue weighted by Gasteiger charge is -2.30. The SMILES string of the molecule is Cc1ccc(C(=O)CCC(=O)NC[C@H]2CN(c3ccccc3C3CCNCC3F)C(=O)O2)cc1. The number of piperidine rings is 1. The van der Waals surface area contributed by atoms with Crippen LogP contribution in [0.5, 0.6) is 0 Å². The van der Waals surface area contributed by atoms with E-state index in [4.69, 9.17) is 4.74 Å². The van der Waals surface area contributed by atoms with Gasteiger partial charge in [0.1, 0.15) is 12.3 Å². The molecule has 7 nitrogen and oxygen atoms in total. The zero-order chi connectivity index (χ0) is 24.1. The van der Waals surface area contributed by atoms with Crippen LogP contribution in [-0.4, -0.2) is 56.2 Å². The molecule has 0 bridgehead atoms. The summed E-state index contributed by atoms with van der Waals surface area (Å²) in [6.07, 6.45) is -1.22. The highest BCUT2D eigenvalue weighted by molar-refractivity contribution is 5.98. The fourth-order valence-electron chi connectivity index (χ4n) is 4.47. The molecule has 0 spiro atoms. The topological polar surface area (TPSA) is 87.7 Å². The van der Waals surface area contributed by atoms with Crippen LogP contribution in [-0.2, 0) is 9.53 Å². The van der Waals surface area contributed by atoms with E-state index >= 15 is 0 Å². The van der Waals surface area contributed by atoms with E-state index in [0.29, 0.717) is 24.2 Å². The van der Waals surface area contributed by atoms with Crippen molar-refractivity contribution in [2.45, 2.75) is 44.4 Å². The summed E-state index contributed by atoms with van der Waals surface area (Å²) < 4.78 is 20.0. The summed E-state index contributed by atoms with van der Waals surface area (Å²) >= 11 is 0. The maximum atomic E-state index is 14.6. The van der Waals surface area contributed by atoms with Crippen molar-refractivity contribution >= 4 is 23.5 Å². The number of amides is 2. The molecule has 2 saturated heterocycles. The molecule has 2 N–H and O–H groups in total. The number of benzene rings is 2. The van der Waals surface area contributed by atoms with Crippen LogP contribution in [0.25, 0.3) is 0 Å². The Hall–Kier alpha value is -3.26. The zero-order valence-corrected chi connectivity index (χ0v) is 19.3. The molecule has 0 aliphatic carbocycles. The van der Waals surface area contributed by atoms with E-state index in [9.17, 15) is 18.8 Å². The Bertz CT molecular complexity index is 1040. The van der Waals surface area contributed by atoms with Crippen LogP contribution < -0.4 is 15.5 Å². The molecule has 2 aromatic rings. The second-order valence-electron chi connectivity index (χ2n) is 8.88. The standard InChI is InChI=1S/C26H30FN3O4/c1-17-6-8-18(9-7-17)24(31)10-11-25(32)29-14-19-16-30(26(33)34-19)23-5-3-2-4-21(23)20-12-13-28-15-22(20)27/h2-9,19-20,22,28H,10-16H2,1H3,(H,29,32)/t19-,20?,22?/m0/s1. The first-order chi connectivity index (χ1) is 16.4. The van der Waals surface area contributed by atoms with Crippen molar-refractivity contribution in [2.24, 2.45) is 0 Å². The molecule has 2 aliphatic rings. The molecule has 2 aromatic carbocycles. The smallest absolute Gasteiger partial charge is 0.414 e. The molecule has 34 heavy (non-hydrogen) atoms. The number of ether oxygens (including phenoxy) is 1. The molecule has 2 heterocycles. The van der Waals surface area contributed by atoms with Gasteiger partial charge >= 0.3 is 6.09 Å². The Morgan fingerprint density at radius 3 is 2.68 bits per heavy atom. The van der Waals surface area contributed by atoms with Crippen LogP contribution >= 0.6 is 0 Å². The quantitative estimate of drug-likeness (QED) is 0.580. The van der Waals surface area contributed by atoms with E-state index in [-0.39, 0.29) is 43.5 Å². The lowest BCUT2D eigenvalue weighted by molar-refractivity contribution is -0.121. The van der Waals surface area contributed by atoms with Crippen LogP contribution in [0.15, 0.2) is 48.5 Å². The monoisotopic (exact) mass is 467 g/mol. The predicted octanol–water partition coefficient (Wildman–Crippen LogP) is 3.51. The molecule has 4 rings (SSSR count). The van der Waals surface area contributed by atoms with Crippen LogP contribution in [0.4, 0.5) is 14.9 Å². The molecule has 2 aliphatic heterocycles. The lowest BCUT2D eigenvalue weighted by atomic mass is 9.87. The number of Topliss-reactive ketones (excluding diaryl/α,β-unsaturated/α-hetero) is 1. The predicted molar refractivity (Wildman–Crippen MR) is 127 cm³/mol. The largest absolute Gasteiger partial charge is 0.442 e. The zero-order valence-electron chi connectivity index (χ0n) is 19.3. The van der Waals surface area contributed by atoms with Crippen molar-refractivity contribution in [3.05, 3.63) is 65.2 Å². The first kappa shape index (κ1) is 23.9. The van der Waals surface area contributed by atoms with Crippen LogP contribution in [0.2, 0.25) is 0 Å². The molecule has 2 fully saturated rings. The van der Waals surface area contributed by atoms with Gasteiger partial charge in [0.2, 0.25) is 5.91 Å². The Morgan fingerprint density at radius 2 is 1.91 bits per heavy atom. The van der Waals surface area contributed by atoms with Crippen LogP contribution in [0.3, 0.4) is 0 Å². The number of halogens is 1. The minimum Gasteiger partial charge on any atom is -0.442 e. The average molecular weight is 468 g/mol. The maximum absolute atomic E-state index is 14.6. The third-order valence-electron chi connectivity index (χ3n) is 6.39. The Balaban J connectivity index is 1.30. The molecule has 8 heteroatoms. The summed E-state index contributed by atoms with van der Waals surface area (Å²) in [5.41, 5.74) is 3.10. The number of nitrogens with zero attached hydrogens (tertiary/aromatic N) is 1. The van der Waals surface area contributed by atoms with Gasteiger partial charge in [-0.3, -0.25) is 14.5 Å². The van der Waals surface area contributed by atoms with Crippen molar-refractivity contribution in [1.29, 1.82) is 0 Å². The summed E-state index contributed by atoms with van der Waals surface area (Å²) in [6.45, 7) is 3.39. The molecular weight excluding hydrogens is 437 g/mol. The number of carbonyl (C=O) groups excluding carboxylic acids is 3. The van der Waals surface area contributed by atoms with Gasteiger partial charge in [0.25, 0.3) is 0 Å². The number of hydrogen-bond acceptors (Lipinski definition) is 5. The lowest BCUT2D eigenvalue weighted by Crippen LogP contribution is -2.38. The van der Waals surface area contributed by atoms with E-state index < -0.39 is 18.4 Å². The van der Waals surface area contributed by atoms with Crippen molar-refractivity contribution in [3.63, 3.8) is 0 Å². The van der Waals surface area contributed by atoms with Gasteiger partial charge in [0.05, 0.1) is 18.8 Å². The van der Waals surface area contributed by atoms with E-state index in [1.54, 1.807) is 12.1 Å². The van der Waals surface area contributed by atoms with Crippen molar-refractivity contribution in [2.75, 3.05) is 31.1 Å². The van der Waals surface area contributed by atoms with Gasteiger partial charge in [-0.25, -0.2) is 9.18 Å². The highest BCUT2D eigenvalue weighted by Crippen LogP contribution is 2.36. The van der Waals surface area contributed by atoms with Crippen molar-refractivity contribution in [3.8, 4) is 0 Å². The number of cyclic esters (lactones) is 1. The molecule has 0 radical (unpaired) electrons. The molecule has 0 saturated carbocycles. The fourth-order valence-corrected chi connectivity index (χ4v) is 4.47. The summed E-state index contributed by atoms with van der Waals surface area (Å²) in [5, 5.41) is 5.81. The van der Waals surface area contributed by atoms with Gasteiger partial charge < -0.3 is 15.4 Å². The molecule has 180 valence electrons. The van der Waals surface area contributed by atoms with Gasteiger partial charge in [-0.05, 0) is 31.5 Å². The first-order valence-electron chi connectivity index (χ1n) is 11.7. The van der Waals surface area contributed by atoms with Gasteiger partial charge in [0, 0.05) is 30.9 Å². The Labute approximate surface area is 198 Å². The van der Waals surface area contributed by atoms with Crippen LogP contribution in [0, 0.1) is 6.92 Å². The molecular formula is C26H30FN3O4. The van der Waals surface area contributed by atoms with Gasteiger partial charge in [-0.1, -0.05) is 48.0 Å². The number of rotatable bonds is 8. The van der Waals surface area contributed by atoms with Gasteiger partial charge in [-0.15, -0.1) is 0 Å². The fraction of sp³-hybridized carbons (Fsp3) is 0.423. The maximum Gasteiger partial charge on any atom is 0.414 e. The summed E-state index contributed by atoms with van der Waals surface area (Å²) in [4.78, 5) is 38.6.